The number of ether oxygens (including phenoxy) is 2. The zero-order chi connectivity index (χ0) is 34.6. The summed E-state index contributed by atoms with van der Waals surface area (Å²) in [6.07, 6.45) is 10.2. The Morgan fingerprint density at radius 3 is 2.78 bits per heavy atom. The Bertz CT molecular complexity index is 1780. The van der Waals surface area contributed by atoms with Crippen LogP contribution in [0.1, 0.15) is 80.4 Å². The van der Waals surface area contributed by atoms with E-state index in [9.17, 15) is 18.9 Å². The number of benzene rings is 1. The highest BCUT2D eigenvalue weighted by Crippen LogP contribution is 2.46. The molecule has 2 aromatic rings. The van der Waals surface area contributed by atoms with Gasteiger partial charge in [-0.15, -0.1) is 4.36 Å². The van der Waals surface area contributed by atoms with Crippen molar-refractivity contribution in [3.63, 3.8) is 0 Å². The van der Waals surface area contributed by atoms with E-state index in [-0.39, 0.29) is 41.7 Å². The molecule has 2 aliphatic heterocycles. The van der Waals surface area contributed by atoms with Gasteiger partial charge in [0.1, 0.15) is 15.6 Å². The molecule has 1 spiro atoms. The van der Waals surface area contributed by atoms with Gasteiger partial charge in [0.25, 0.3) is 0 Å². The Morgan fingerprint density at radius 1 is 1.22 bits per heavy atom. The van der Waals surface area contributed by atoms with Crippen LogP contribution in [0, 0.1) is 23.7 Å². The molecule has 7 rings (SSSR count). The number of allylic oxidation sites excluding steroid dienone is 1. The summed E-state index contributed by atoms with van der Waals surface area (Å²) in [5.41, 5.74) is 1.31. The van der Waals surface area contributed by atoms with Gasteiger partial charge in [-0.1, -0.05) is 36.7 Å². The van der Waals surface area contributed by atoms with Crippen LogP contribution in [0.15, 0.2) is 46.8 Å². The number of halogens is 1. The van der Waals surface area contributed by atoms with Crippen LogP contribution < -0.4 is 14.4 Å². The number of nitrogens with zero attached hydrogens (tertiary/aromatic N) is 3. The third-order valence-electron chi connectivity index (χ3n) is 11.3. The summed E-state index contributed by atoms with van der Waals surface area (Å²) in [5, 5.41) is 10.9. The van der Waals surface area contributed by atoms with Crippen LogP contribution in [0.5, 0.6) is 5.75 Å². The molecule has 2 amide bonds. The first-order valence-electron chi connectivity index (χ1n) is 17.6. The molecule has 2 N–H and O–H groups in total. The summed E-state index contributed by atoms with van der Waals surface area (Å²) in [4.78, 5) is 34.2. The normalized spacial score (nSPS) is 36.5. The van der Waals surface area contributed by atoms with Crippen LogP contribution in [-0.2, 0) is 31.3 Å². The maximum Gasteiger partial charge on any atom is 0.305 e. The number of pyridine rings is 1. The van der Waals surface area contributed by atoms with Crippen molar-refractivity contribution in [2.45, 2.75) is 82.3 Å². The standard InChI is InChI=1S/C37H47ClN4O6S/c1-23-6-4-8-31(47-3)28-11-9-25(28)19-42-21-37(15-5-7-24-16-27(38)10-12-29(24)37)22-48-32-14-13-30(39-33(32)42)35(44)41-49(46,20-23)40-34(43)26-17-36(2,45)18-26/h4,8,10,12-14,16,23,25-26,28,31,45H,5-7,9,11,15,17-22H2,1-3H3,(H,40,41,43,44,46)/b8-4+/t23-,25-,26?,28+,31-,36?,37-,49?/m0/s1. The molecule has 1 unspecified atom stereocenters. The van der Waals surface area contributed by atoms with Gasteiger partial charge in [-0.3, -0.25) is 14.3 Å². The van der Waals surface area contributed by atoms with E-state index in [2.05, 4.69) is 38.3 Å². The van der Waals surface area contributed by atoms with Crippen molar-refractivity contribution in [2.75, 3.05) is 37.5 Å². The van der Waals surface area contributed by atoms with Crippen LogP contribution in [0.25, 0.3) is 0 Å². The number of carbonyl (C=O) groups excluding carboxylic acids is 2. The van der Waals surface area contributed by atoms with Gasteiger partial charge in [0.2, 0.25) is 5.91 Å². The lowest BCUT2D eigenvalue weighted by atomic mass is 9.68. The number of aliphatic hydroxyl groups is 1. The van der Waals surface area contributed by atoms with Crippen molar-refractivity contribution in [3.8, 4) is 5.75 Å². The molecule has 2 saturated carbocycles. The molecular formula is C37H47ClN4O6S. The van der Waals surface area contributed by atoms with Crippen molar-refractivity contribution in [2.24, 2.45) is 28.0 Å². The summed E-state index contributed by atoms with van der Waals surface area (Å²) in [5.74, 6) is -0.0328. The average Bonchev–Trinajstić information content (AvgIpc) is 3.17. The highest BCUT2D eigenvalue weighted by Gasteiger charge is 2.46. The zero-order valence-electron chi connectivity index (χ0n) is 28.5. The van der Waals surface area contributed by atoms with Gasteiger partial charge in [-0.2, -0.15) is 0 Å². The molecule has 5 aliphatic rings. The first-order valence-corrected chi connectivity index (χ1v) is 19.6. The van der Waals surface area contributed by atoms with E-state index in [1.54, 1.807) is 26.2 Å². The maximum atomic E-state index is 14.4. The number of carbonyl (C=O) groups is 2. The summed E-state index contributed by atoms with van der Waals surface area (Å²) in [6.45, 7) is 5.45. The average molecular weight is 711 g/mol. The van der Waals surface area contributed by atoms with E-state index in [4.69, 9.17) is 26.1 Å². The number of aromatic nitrogens is 1. The zero-order valence-corrected chi connectivity index (χ0v) is 30.1. The number of hydrogen-bond donors (Lipinski definition) is 2. The fraction of sp³-hybridized carbons (Fsp3) is 0.595. The quantitative estimate of drug-likeness (QED) is 0.392. The molecule has 0 radical (unpaired) electrons. The van der Waals surface area contributed by atoms with Crippen molar-refractivity contribution in [1.29, 1.82) is 0 Å². The molecule has 2 fully saturated rings. The summed E-state index contributed by atoms with van der Waals surface area (Å²) in [6, 6.07) is 9.51. The first kappa shape index (κ1) is 34.5. The van der Waals surface area contributed by atoms with Crippen LogP contribution in [0.4, 0.5) is 5.82 Å². The molecule has 0 saturated heterocycles. The van der Waals surface area contributed by atoms with Gasteiger partial charge >= 0.3 is 5.91 Å². The predicted molar refractivity (Wildman–Crippen MR) is 189 cm³/mol. The van der Waals surface area contributed by atoms with Crippen LogP contribution in [0.2, 0.25) is 5.02 Å². The Labute approximate surface area is 294 Å². The second-order valence-corrected chi connectivity index (χ2v) is 17.8. The van der Waals surface area contributed by atoms with E-state index in [1.165, 1.54) is 11.1 Å². The van der Waals surface area contributed by atoms with Crippen molar-refractivity contribution < 1.29 is 28.4 Å². The van der Waals surface area contributed by atoms with E-state index >= 15 is 0 Å². The lowest BCUT2D eigenvalue weighted by Gasteiger charge is -2.45. The molecule has 3 aliphatic carbocycles. The smallest absolute Gasteiger partial charge is 0.305 e. The Hall–Kier alpha value is -2.99. The first-order chi connectivity index (χ1) is 23.4. The number of anilines is 1. The molecular weight excluding hydrogens is 664 g/mol. The Kier molecular flexibility index (Phi) is 9.34. The van der Waals surface area contributed by atoms with Crippen LogP contribution in [-0.4, -0.2) is 70.4 Å². The maximum absolute atomic E-state index is 14.4. The van der Waals surface area contributed by atoms with Gasteiger partial charge < -0.3 is 19.5 Å². The largest absolute Gasteiger partial charge is 0.489 e. The molecule has 264 valence electrons. The number of amides is 2. The van der Waals surface area contributed by atoms with E-state index in [1.807, 2.05) is 13.0 Å². The fourth-order valence-corrected chi connectivity index (χ4v) is 10.8. The van der Waals surface area contributed by atoms with Gasteiger partial charge in [0.05, 0.1) is 24.1 Å². The molecule has 49 heavy (non-hydrogen) atoms. The van der Waals surface area contributed by atoms with Crippen LogP contribution >= 0.6 is 11.6 Å². The molecule has 1 aromatic carbocycles. The van der Waals surface area contributed by atoms with E-state index in [0.717, 1.165) is 43.7 Å². The molecule has 12 heteroatoms. The second-order valence-electron chi connectivity index (χ2n) is 15.4. The number of fused-ring (bicyclic) bond motifs is 4. The minimum Gasteiger partial charge on any atom is -0.489 e. The van der Waals surface area contributed by atoms with Gasteiger partial charge in [0.15, 0.2) is 11.6 Å². The highest BCUT2D eigenvalue weighted by molar-refractivity contribution is 7.92. The summed E-state index contributed by atoms with van der Waals surface area (Å²) < 4.78 is 33.8. The van der Waals surface area contributed by atoms with E-state index < -0.39 is 33.2 Å². The summed E-state index contributed by atoms with van der Waals surface area (Å²) >= 11 is 6.43. The lowest BCUT2D eigenvalue weighted by molar-refractivity contribution is -0.137. The van der Waals surface area contributed by atoms with Crippen molar-refractivity contribution >= 4 is 39.1 Å². The van der Waals surface area contributed by atoms with Gasteiger partial charge in [-0.05, 0) is 111 Å². The molecule has 2 bridgehead atoms. The van der Waals surface area contributed by atoms with Gasteiger partial charge in [-0.25, -0.2) is 9.19 Å². The van der Waals surface area contributed by atoms with Crippen molar-refractivity contribution in [1.82, 2.24) is 9.71 Å². The molecule has 1 aromatic heterocycles. The number of methoxy groups -OCH3 is 1. The highest BCUT2D eigenvalue weighted by atomic mass is 35.5. The predicted octanol–water partition coefficient (Wildman–Crippen LogP) is 5.65. The second kappa shape index (κ2) is 13.3. The Balaban J connectivity index is 1.28. The number of nitrogens with one attached hydrogen (secondary N) is 1. The number of hydrogen-bond acceptors (Lipinski definition) is 8. The number of rotatable bonds is 3. The minimum absolute atomic E-state index is 0.00619. The fourth-order valence-electron chi connectivity index (χ4n) is 8.64. The SMILES string of the molecule is CO[C@H]1/C=C/C[C@H](C)CS(=O)(NC(=O)C2CC(C)(O)C2)=NC(=O)c2ccc3c(n2)N(C[C@@H]2CC[C@H]21)C[C@@]1(CCCc2cc(Cl)ccc21)CO3. The van der Waals surface area contributed by atoms with Gasteiger partial charge in [0, 0.05) is 36.6 Å². The monoisotopic (exact) mass is 710 g/mol. The topological polar surface area (TPSA) is 130 Å². The van der Waals surface area contributed by atoms with Crippen molar-refractivity contribution in [3.05, 3.63) is 64.3 Å². The van der Waals surface area contributed by atoms with Crippen LogP contribution in [0.3, 0.4) is 0 Å². The third-order valence-corrected chi connectivity index (χ3v) is 13.6. The molecule has 6 atom stereocenters. The minimum atomic E-state index is -3.52. The Morgan fingerprint density at radius 2 is 2.04 bits per heavy atom. The lowest BCUT2D eigenvalue weighted by Crippen LogP contribution is -2.50. The third kappa shape index (κ3) is 7.01. The van der Waals surface area contributed by atoms with E-state index in [0.29, 0.717) is 43.0 Å². The summed E-state index contributed by atoms with van der Waals surface area (Å²) in [7, 11) is -1.77. The molecule has 10 nitrogen and oxygen atoms in total. The molecule has 3 heterocycles. The number of aryl methyl sites for hydroxylation is 1.